The lowest BCUT2D eigenvalue weighted by Crippen LogP contribution is -2.25. The van der Waals surface area contributed by atoms with Gasteiger partial charge >= 0.3 is 0 Å². The standard InChI is InChI=1S/C21H28N2O2/c1-18-9-7-12-20(17-18)25-16-6-5-13-21(24)23-15-8-14-22-19-10-3-2-4-11-19/h2-4,7,9-12,17,22H,5-6,8,13-16H2,1H3,(H,23,24). The van der Waals surface area contributed by atoms with E-state index >= 15 is 0 Å². The zero-order chi connectivity index (χ0) is 17.7. The highest BCUT2D eigenvalue weighted by Crippen LogP contribution is 2.12. The van der Waals surface area contributed by atoms with Crippen LogP contribution in [0.25, 0.3) is 0 Å². The number of amides is 1. The van der Waals surface area contributed by atoms with Crippen LogP contribution in [-0.4, -0.2) is 25.6 Å². The minimum absolute atomic E-state index is 0.121. The SMILES string of the molecule is Cc1cccc(OCCCCC(=O)NCCCNc2ccccc2)c1. The van der Waals surface area contributed by atoms with E-state index in [0.717, 1.165) is 37.2 Å². The number of nitrogens with one attached hydrogen (secondary N) is 2. The normalized spacial score (nSPS) is 10.3. The molecule has 0 bridgehead atoms. The Morgan fingerprint density at radius 3 is 2.60 bits per heavy atom. The molecule has 0 heterocycles. The molecule has 0 aliphatic heterocycles. The van der Waals surface area contributed by atoms with Crippen molar-refractivity contribution in [3.05, 3.63) is 60.2 Å². The van der Waals surface area contributed by atoms with Gasteiger partial charge in [0.25, 0.3) is 0 Å². The molecule has 0 radical (unpaired) electrons. The summed E-state index contributed by atoms with van der Waals surface area (Å²) in [6.07, 6.45) is 3.21. The van der Waals surface area contributed by atoms with Gasteiger partial charge in [-0.15, -0.1) is 0 Å². The Bertz CT molecular complexity index is 629. The maximum absolute atomic E-state index is 11.8. The van der Waals surface area contributed by atoms with Gasteiger partial charge in [-0.3, -0.25) is 4.79 Å². The van der Waals surface area contributed by atoms with Crippen molar-refractivity contribution in [3.63, 3.8) is 0 Å². The molecule has 2 N–H and O–H groups in total. The van der Waals surface area contributed by atoms with E-state index in [1.54, 1.807) is 0 Å². The van der Waals surface area contributed by atoms with Crippen molar-refractivity contribution in [2.75, 3.05) is 25.0 Å². The first kappa shape index (κ1) is 18.8. The molecule has 0 atom stereocenters. The number of aryl methyl sites for hydroxylation is 1. The third-order valence-corrected chi connectivity index (χ3v) is 3.84. The average Bonchev–Trinajstić information content (AvgIpc) is 2.62. The zero-order valence-electron chi connectivity index (χ0n) is 15.0. The average molecular weight is 340 g/mol. The fraction of sp³-hybridized carbons (Fsp3) is 0.381. The smallest absolute Gasteiger partial charge is 0.219 e. The van der Waals surface area contributed by atoms with E-state index in [1.807, 2.05) is 61.5 Å². The van der Waals surface area contributed by atoms with Crippen molar-refractivity contribution < 1.29 is 9.53 Å². The van der Waals surface area contributed by atoms with Crippen LogP contribution in [0.2, 0.25) is 0 Å². The molecule has 25 heavy (non-hydrogen) atoms. The summed E-state index contributed by atoms with van der Waals surface area (Å²) in [5.41, 5.74) is 2.31. The number of rotatable bonds is 11. The van der Waals surface area contributed by atoms with Gasteiger partial charge < -0.3 is 15.4 Å². The molecule has 2 aromatic carbocycles. The van der Waals surface area contributed by atoms with Crippen molar-refractivity contribution >= 4 is 11.6 Å². The summed E-state index contributed by atoms with van der Waals surface area (Å²) in [6.45, 7) is 4.26. The van der Waals surface area contributed by atoms with Crippen molar-refractivity contribution in [1.29, 1.82) is 0 Å². The lowest BCUT2D eigenvalue weighted by Gasteiger charge is -2.08. The van der Waals surface area contributed by atoms with Crippen molar-refractivity contribution in [2.24, 2.45) is 0 Å². The van der Waals surface area contributed by atoms with E-state index in [4.69, 9.17) is 4.74 Å². The van der Waals surface area contributed by atoms with E-state index in [2.05, 4.69) is 10.6 Å². The summed E-state index contributed by atoms with van der Waals surface area (Å²) in [4.78, 5) is 11.8. The lowest BCUT2D eigenvalue weighted by atomic mass is 10.2. The highest BCUT2D eigenvalue weighted by atomic mass is 16.5. The number of benzene rings is 2. The Labute approximate surface area is 150 Å². The number of anilines is 1. The second-order valence-electron chi connectivity index (χ2n) is 6.12. The predicted octanol–water partition coefficient (Wildman–Crippen LogP) is 4.16. The highest BCUT2D eigenvalue weighted by molar-refractivity contribution is 5.75. The van der Waals surface area contributed by atoms with E-state index < -0.39 is 0 Å². The van der Waals surface area contributed by atoms with Gasteiger partial charge in [0.05, 0.1) is 6.61 Å². The van der Waals surface area contributed by atoms with Gasteiger partial charge in [0.1, 0.15) is 5.75 Å². The van der Waals surface area contributed by atoms with Crippen LogP contribution in [0.4, 0.5) is 5.69 Å². The fourth-order valence-corrected chi connectivity index (χ4v) is 2.48. The van der Waals surface area contributed by atoms with Gasteiger partial charge in [0, 0.05) is 25.2 Å². The molecule has 1 amide bonds. The molecule has 134 valence electrons. The van der Waals surface area contributed by atoms with Crippen molar-refractivity contribution in [3.8, 4) is 5.75 Å². The van der Waals surface area contributed by atoms with Crippen LogP contribution in [0.5, 0.6) is 5.75 Å². The van der Waals surface area contributed by atoms with Crippen LogP contribution in [0.3, 0.4) is 0 Å². The van der Waals surface area contributed by atoms with E-state index in [0.29, 0.717) is 19.6 Å². The Balaban J connectivity index is 1.44. The summed E-state index contributed by atoms with van der Waals surface area (Å²) >= 11 is 0. The molecule has 4 nitrogen and oxygen atoms in total. The van der Waals surface area contributed by atoms with Crippen LogP contribution in [0.15, 0.2) is 54.6 Å². The summed E-state index contributed by atoms with van der Waals surface area (Å²) in [7, 11) is 0. The molecule has 0 unspecified atom stereocenters. The zero-order valence-corrected chi connectivity index (χ0v) is 15.0. The molecule has 0 aromatic heterocycles. The van der Waals surface area contributed by atoms with Gasteiger partial charge in [0.15, 0.2) is 0 Å². The summed E-state index contributed by atoms with van der Waals surface area (Å²) < 4.78 is 5.68. The van der Waals surface area contributed by atoms with Crippen LogP contribution >= 0.6 is 0 Å². The van der Waals surface area contributed by atoms with Crippen LogP contribution in [-0.2, 0) is 4.79 Å². The minimum atomic E-state index is 0.121. The summed E-state index contributed by atoms with van der Waals surface area (Å²) in [6, 6.07) is 18.1. The highest BCUT2D eigenvalue weighted by Gasteiger charge is 2.01. The third kappa shape index (κ3) is 8.25. The largest absolute Gasteiger partial charge is 0.494 e. The maximum atomic E-state index is 11.8. The molecule has 0 aliphatic carbocycles. The molecule has 0 saturated carbocycles. The second-order valence-corrected chi connectivity index (χ2v) is 6.12. The van der Waals surface area contributed by atoms with Crippen LogP contribution in [0, 0.1) is 6.92 Å². The molecular formula is C21H28N2O2. The van der Waals surface area contributed by atoms with Crippen LogP contribution in [0.1, 0.15) is 31.2 Å². The Morgan fingerprint density at radius 1 is 0.960 bits per heavy atom. The predicted molar refractivity (Wildman–Crippen MR) is 103 cm³/mol. The first-order valence-electron chi connectivity index (χ1n) is 8.99. The molecule has 0 aliphatic rings. The van der Waals surface area contributed by atoms with Gasteiger partial charge in [-0.2, -0.15) is 0 Å². The Hall–Kier alpha value is -2.49. The number of carbonyl (C=O) groups is 1. The number of hydrogen-bond acceptors (Lipinski definition) is 3. The number of unbranched alkanes of at least 4 members (excludes halogenated alkanes) is 1. The maximum Gasteiger partial charge on any atom is 0.219 e. The van der Waals surface area contributed by atoms with Crippen LogP contribution < -0.4 is 15.4 Å². The van der Waals surface area contributed by atoms with Gasteiger partial charge in [0.2, 0.25) is 5.91 Å². The molecular weight excluding hydrogens is 312 g/mol. The monoisotopic (exact) mass is 340 g/mol. The number of hydrogen-bond donors (Lipinski definition) is 2. The molecule has 2 aromatic rings. The molecule has 4 heteroatoms. The minimum Gasteiger partial charge on any atom is -0.494 e. The van der Waals surface area contributed by atoms with E-state index in [1.165, 1.54) is 5.56 Å². The van der Waals surface area contributed by atoms with Gasteiger partial charge in [-0.1, -0.05) is 30.3 Å². The quantitative estimate of drug-likeness (QED) is 0.604. The topological polar surface area (TPSA) is 50.4 Å². The number of para-hydroxylation sites is 1. The third-order valence-electron chi connectivity index (χ3n) is 3.84. The van der Waals surface area contributed by atoms with Gasteiger partial charge in [-0.05, 0) is 56.0 Å². The summed E-state index contributed by atoms with van der Waals surface area (Å²) in [5, 5.41) is 6.30. The fourth-order valence-electron chi connectivity index (χ4n) is 2.48. The van der Waals surface area contributed by atoms with E-state index in [-0.39, 0.29) is 5.91 Å². The Kier molecular flexibility index (Phi) is 8.39. The first-order chi connectivity index (χ1) is 12.2. The molecule has 0 saturated heterocycles. The Morgan fingerprint density at radius 2 is 1.80 bits per heavy atom. The number of ether oxygens (including phenoxy) is 1. The number of carbonyl (C=O) groups excluding carboxylic acids is 1. The first-order valence-corrected chi connectivity index (χ1v) is 8.99. The summed E-state index contributed by atoms with van der Waals surface area (Å²) in [5.74, 6) is 1.02. The van der Waals surface area contributed by atoms with Gasteiger partial charge in [-0.25, -0.2) is 0 Å². The second kappa shape index (κ2) is 11.1. The lowest BCUT2D eigenvalue weighted by molar-refractivity contribution is -0.121. The molecule has 0 spiro atoms. The van der Waals surface area contributed by atoms with E-state index in [9.17, 15) is 4.79 Å². The molecule has 0 fully saturated rings. The van der Waals surface area contributed by atoms with Crippen molar-refractivity contribution in [2.45, 2.75) is 32.6 Å². The molecule has 2 rings (SSSR count). The van der Waals surface area contributed by atoms with Crippen molar-refractivity contribution in [1.82, 2.24) is 5.32 Å².